The quantitative estimate of drug-likeness (QED) is 0.696. The molecule has 3 N–H and O–H groups in total. The number of aliphatic hydroxyl groups is 2. The van der Waals surface area contributed by atoms with E-state index in [-0.39, 0.29) is 6.61 Å². The Kier molecular flexibility index (Phi) is 4.32. The van der Waals surface area contributed by atoms with Gasteiger partial charge in [0.2, 0.25) is 0 Å². The maximum absolute atomic E-state index is 9.58. The minimum atomic E-state index is -1.11. The SMILES string of the molecule is Cc1nn(C)c(CNCC(C)(O)CO)c1Cl. The molecule has 0 aliphatic heterocycles. The smallest absolute Gasteiger partial charge is 0.0972 e. The first kappa shape index (κ1) is 13.4. The van der Waals surface area contributed by atoms with Crippen LogP contribution in [0.3, 0.4) is 0 Å². The Morgan fingerprint density at radius 3 is 2.62 bits per heavy atom. The molecule has 0 bridgehead atoms. The Hall–Kier alpha value is -0.620. The predicted octanol–water partition coefficient (Wildman–Crippen LogP) is 0.215. The molecule has 1 aromatic heterocycles. The molecule has 0 aliphatic carbocycles. The molecular weight excluding hydrogens is 230 g/mol. The Bertz CT molecular complexity index is 363. The van der Waals surface area contributed by atoms with Gasteiger partial charge < -0.3 is 15.5 Å². The number of rotatable bonds is 5. The van der Waals surface area contributed by atoms with Gasteiger partial charge >= 0.3 is 0 Å². The van der Waals surface area contributed by atoms with E-state index in [4.69, 9.17) is 16.7 Å². The Balaban J connectivity index is 2.55. The van der Waals surface area contributed by atoms with Crippen molar-refractivity contribution in [2.75, 3.05) is 13.2 Å². The van der Waals surface area contributed by atoms with Crippen LogP contribution in [0.5, 0.6) is 0 Å². The van der Waals surface area contributed by atoms with Crippen LogP contribution in [0.4, 0.5) is 0 Å². The van der Waals surface area contributed by atoms with Crippen molar-refractivity contribution in [2.45, 2.75) is 26.0 Å². The molecule has 0 aromatic carbocycles. The molecule has 0 spiro atoms. The lowest BCUT2D eigenvalue weighted by molar-refractivity contribution is 0.00244. The van der Waals surface area contributed by atoms with Crippen LogP contribution in [0, 0.1) is 6.92 Å². The molecule has 5 nitrogen and oxygen atoms in total. The van der Waals surface area contributed by atoms with Crippen molar-refractivity contribution in [1.29, 1.82) is 0 Å². The first-order chi connectivity index (χ1) is 7.37. The molecule has 0 fully saturated rings. The molecule has 92 valence electrons. The summed E-state index contributed by atoms with van der Waals surface area (Å²) in [6.45, 7) is 3.93. The topological polar surface area (TPSA) is 70.3 Å². The molecule has 0 aliphatic rings. The van der Waals surface area contributed by atoms with Crippen molar-refractivity contribution < 1.29 is 10.2 Å². The largest absolute Gasteiger partial charge is 0.393 e. The number of hydrogen-bond acceptors (Lipinski definition) is 4. The molecule has 1 aromatic rings. The molecule has 1 atom stereocenters. The molecule has 0 radical (unpaired) electrons. The van der Waals surface area contributed by atoms with Crippen molar-refractivity contribution >= 4 is 11.6 Å². The maximum Gasteiger partial charge on any atom is 0.0972 e. The number of hydrogen-bond donors (Lipinski definition) is 3. The molecule has 1 unspecified atom stereocenters. The zero-order valence-electron chi connectivity index (χ0n) is 9.79. The van der Waals surface area contributed by atoms with Crippen LogP contribution in [-0.2, 0) is 13.6 Å². The number of aliphatic hydroxyl groups excluding tert-OH is 1. The summed E-state index contributed by atoms with van der Waals surface area (Å²) in [7, 11) is 1.82. The lowest BCUT2D eigenvalue weighted by Gasteiger charge is -2.20. The van der Waals surface area contributed by atoms with Crippen molar-refractivity contribution in [3.05, 3.63) is 16.4 Å². The summed E-state index contributed by atoms with van der Waals surface area (Å²) in [5.74, 6) is 0. The molecule has 0 saturated carbocycles. The second-order valence-electron chi connectivity index (χ2n) is 4.23. The standard InChI is InChI=1S/C10H18ClN3O2/c1-7-9(11)8(14(3)13-7)4-12-5-10(2,16)6-15/h12,15-16H,4-6H2,1-3H3. The number of aryl methyl sites for hydroxylation is 2. The second kappa shape index (κ2) is 5.14. The Morgan fingerprint density at radius 1 is 1.56 bits per heavy atom. The molecule has 0 amide bonds. The highest BCUT2D eigenvalue weighted by Gasteiger charge is 2.19. The maximum atomic E-state index is 9.58. The zero-order chi connectivity index (χ0) is 12.3. The number of nitrogens with zero attached hydrogens (tertiary/aromatic N) is 2. The van der Waals surface area contributed by atoms with E-state index in [1.54, 1.807) is 11.6 Å². The van der Waals surface area contributed by atoms with E-state index in [1.807, 2.05) is 14.0 Å². The third kappa shape index (κ3) is 3.18. The van der Waals surface area contributed by atoms with E-state index in [9.17, 15) is 5.11 Å². The lowest BCUT2D eigenvalue weighted by atomic mass is 10.1. The van der Waals surface area contributed by atoms with Crippen LogP contribution >= 0.6 is 11.6 Å². The van der Waals surface area contributed by atoms with E-state index in [0.717, 1.165) is 11.4 Å². The first-order valence-corrected chi connectivity index (χ1v) is 5.47. The summed E-state index contributed by atoms with van der Waals surface area (Å²) in [5.41, 5.74) is 0.544. The van der Waals surface area contributed by atoms with Gasteiger partial charge in [0.1, 0.15) is 0 Å². The number of nitrogens with one attached hydrogen (secondary N) is 1. The average Bonchev–Trinajstić information content (AvgIpc) is 2.44. The Labute approximate surface area is 100 Å². The summed E-state index contributed by atoms with van der Waals surface area (Å²) in [5, 5.41) is 26.3. The van der Waals surface area contributed by atoms with Crippen LogP contribution in [-0.4, -0.2) is 38.7 Å². The fourth-order valence-electron chi connectivity index (χ4n) is 1.38. The lowest BCUT2D eigenvalue weighted by Crippen LogP contribution is -2.40. The highest BCUT2D eigenvalue weighted by atomic mass is 35.5. The highest BCUT2D eigenvalue weighted by Crippen LogP contribution is 2.18. The molecule has 6 heteroatoms. The molecular formula is C10H18ClN3O2. The van der Waals surface area contributed by atoms with Crippen LogP contribution in [0.1, 0.15) is 18.3 Å². The predicted molar refractivity (Wildman–Crippen MR) is 62.4 cm³/mol. The minimum absolute atomic E-state index is 0.280. The van der Waals surface area contributed by atoms with Gasteiger partial charge in [0.15, 0.2) is 0 Å². The minimum Gasteiger partial charge on any atom is -0.393 e. The first-order valence-electron chi connectivity index (χ1n) is 5.09. The fourth-order valence-corrected chi connectivity index (χ4v) is 1.61. The van der Waals surface area contributed by atoms with Gasteiger partial charge in [-0.15, -0.1) is 0 Å². The van der Waals surface area contributed by atoms with E-state index in [0.29, 0.717) is 18.1 Å². The summed E-state index contributed by atoms with van der Waals surface area (Å²) >= 11 is 6.06. The van der Waals surface area contributed by atoms with Gasteiger partial charge in [0.05, 0.1) is 28.6 Å². The molecule has 0 saturated heterocycles. The van der Waals surface area contributed by atoms with E-state index < -0.39 is 5.60 Å². The van der Waals surface area contributed by atoms with Gasteiger partial charge in [-0.2, -0.15) is 5.10 Å². The molecule has 1 rings (SSSR count). The van der Waals surface area contributed by atoms with Crippen LogP contribution < -0.4 is 5.32 Å². The van der Waals surface area contributed by atoms with Gasteiger partial charge in [-0.3, -0.25) is 4.68 Å². The third-order valence-corrected chi connectivity index (χ3v) is 2.89. The van der Waals surface area contributed by atoms with Gasteiger partial charge in [0.25, 0.3) is 0 Å². The van der Waals surface area contributed by atoms with Crippen molar-refractivity contribution in [3.63, 3.8) is 0 Å². The average molecular weight is 248 g/mol. The summed E-state index contributed by atoms with van der Waals surface area (Å²) < 4.78 is 1.71. The van der Waals surface area contributed by atoms with Crippen LogP contribution in [0.15, 0.2) is 0 Å². The summed E-state index contributed by atoms with van der Waals surface area (Å²) in [6, 6.07) is 0. The second-order valence-corrected chi connectivity index (χ2v) is 4.61. The monoisotopic (exact) mass is 247 g/mol. The van der Waals surface area contributed by atoms with Gasteiger partial charge in [0, 0.05) is 20.1 Å². The van der Waals surface area contributed by atoms with Crippen LogP contribution in [0.2, 0.25) is 5.02 Å². The van der Waals surface area contributed by atoms with Gasteiger partial charge in [-0.1, -0.05) is 11.6 Å². The molecule has 1 heterocycles. The zero-order valence-corrected chi connectivity index (χ0v) is 10.5. The van der Waals surface area contributed by atoms with Crippen molar-refractivity contribution in [2.24, 2.45) is 7.05 Å². The van der Waals surface area contributed by atoms with Crippen LogP contribution in [0.25, 0.3) is 0 Å². The van der Waals surface area contributed by atoms with Gasteiger partial charge in [-0.05, 0) is 13.8 Å². The highest BCUT2D eigenvalue weighted by molar-refractivity contribution is 6.31. The van der Waals surface area contributed by atoms with Crippen molar-refractivity contribution in [1.82, 2.24) is 15.1 Å². The van der Waals surface area contributed by atoms with Gasteiger partial charge in [-0.25, -0.2) is 0 Å². The normalized spacial score (nSPS) is 15.1. The van der Waals surface area contributed by atoms with E-state index >= 15 is 0 Å². The van der Waals surface area contributed by atoms with E-state index in [1.165, 1.54) is 0 Å². The Morgan fingerprint density at radius 2 is 2.19 bits per heavy atom. The summed E-state index contributed by atoms with van der Waals surface area (Å²) in [4.78, 5) is 0. The van der Waals surface area contributed by atoms with E-state index in [2.05, 4.69) is 10.4 Å². The van der Waals surface area contributed by atoms with Crippen molar-refractivity contribution in [3.8, 4) is 0 Å². The molecule has 16 heavy (non-hydrogen) atoms. The number of aromatic nitrogens is 2. The number of halogens is 1. The summed E-state index contributed by atoms with van der Waals surface area (Å²) in [6.07, 6.45) is 0. The fraction of sp³-hybridized carbons (Fsp3) is 0.700. The third-order valence-electron chi connectivity index (χ3n) is 2.40.